The van der Waals surface area contributed by atoms with Gasteiger partial charge in [-0.2, -0.15) is 4.80 Å². The molecule has 124 valence electrons. The first kappa shape index (κ1) is 15.7. The van der Waals surface area contributed by atoms with Crippen LogP contribution in [0.4, 0.5) is 0 Å². The zero-order valence-electron chi connectivity index (χ0n) is 13.2. The van der Waals surface area contributed by atoms with Crippen LogP contribution in [0.25, 0.3) is 11.6 Å². The highest BCUT2D eigenvalue weighted by molar-refractivity contribution is 5.75. The zero-order valence-corrected chi connectivity index (χ0v) is 13.2. The second-order valence-corrected chi connectivity index (χ2v) is 5.03. The van der Waals surface area contributed by atoms with Crippen LogP contribution >= 0.6 is 0 Å². The van der Waals surface area contributed by atoms with Crippen molar-refractivity contribution in [2.45, 2.75) is 13.0 Å². The Hall–Kier alpha value is -3.16. The number of nitrogens with one attached hydrogen (secondary N) is 1. The van der Waals surface area contributed by atoms with Gasteiger partial charge in [0.1, 0.15) is 12.3 Å². The first-order chi connectivity index (χ1) is 11.8. The SMILES string of the molecule is COc1ccccc1CCNC(=O)Cn1nnc(-c2ccco2)n1. The van der Waals surface area contributed by atoms with Gasteiger partial charge in [0.2, 0.25) is 11.7 Å². The standard InChI is InChI=1S/C16H17N5O3/c1-23-13-6-3-2-5-12(13)8-9-17-15(22)11-21-19-16(18-20-21)14-7-4-10-24-14/h2-7,10H,8-9,11H2,1H3,(H,17,22). The third kappa shape index (κ3) is 3.78. The summed E-state index contributed by atoms with van der Waals surface area (Å²) in [5.41, 5.74) is 1.04. The van der Waals surface area contributed by atoms with Crippen LogP contribution < -0.4 is 10.1 Å². The highest BCUT2D eigenvalue weighted by Gasteiger charge is 2.11. The number of para-hydroxylation sites is 1. The van der Waals surface area contributed by atoms with E-state index in [1.165, 1.54) is 11.1 Å². The molecule has 3 aromatic rings. The molecular formula is C16H17N5O3. The Morgan fingerprint density at radius 2 is 2.17 bits per heavy atom. The van der Waals surface area contributed by atoms with Crippen molar-refractivity contribution in [2.24, 2.45) is 0 Å². The molecule has 0 saturated heterocycles. The van der Waals surface area contributed by atoms with Crippen molar-refractivity contribution in [2.75, 3.05) is 13.7 Å². The van der Waals surface area contributed by atoms with Crippen LogP contribution in [0.2, 0.25) is 0 Å². The van der Waals surface area contributed by atoms with Crippen molar-refractivity contribution < 1.29 is 13.9 Å². The molecule has 0 fully saturated rings. The van der Waals surface area contributed by atoms with Crippen molar-refractivity contribution in [1.29, 1.82) is 0 Å². The van der Waals surface area contributed by atoms with E-state index in [1.807, 2.05) is 24.3 Å². The number of tetrazole rings is 1. The predicted molar refractivity (Wildman–Crippen MR) is 85.2 cm³/mol. The van der Waals surface area contributed by atoms with E-state index in [-0.39, 0.29) is 12.5 Å². The van der Waals surface area contributed by atoms with Gasteiger partial charge in [0, 0.05) is 6.54 Å². The summed E-state index contributed by atoms with van der Waals surface area (Å²) in [6, 6.07) is 11.2. The van der Waals surface area contributed by atoms with Crippen LogP contribution in [0.15, 0.2) is 47.1 Å². The summed E-state index contributed by atoms with van der Waals surface area (Å²) >= 11 is 0. The normalized spacial score (nSPS) is 10.5. The van der Waals surface area contributed by atoms with Gasteiger partial charge >= 0.3 is 0 Å². The second kappa shape index (κ2) is 7.40. The number of ether oxygens (including phenoxy) is 1. The number of furan rings is 1. The lowest BCUT2D eigenvalue weighted by atomic mass is 10.1. The molecule has 1 N–H and O–H groups in total. The molecule has 0 spiro atoms. The Balaban J connectivity index is 1.49. The smallest absolute Gasteiger partial charge is 0.243 e. The van der Waals surface area contributed by atoms with Gasteiger partial charge in [0.15, 0.2) is 5.76 Å². The van der Waals surface area contributed by atoms with Gasteiger partial charge in [0.05, 0.1) is 13.4 Å². The molecule has 0 aliphatic carbocycles. The average molecular weight is 327 g/mol. The summed E-state index contributed by atoms with van der Waals surface area (Å²) in [5.74, 6) is 1.49. The minimum atomic E-state index is -0.187. The minimum absolute atomic E-state index is 0.000364. The molecule has 2 heterocycles. The Labute approximate surface area is 138 Å². The zero-order chi connectivity index (χ0) is 16.8. The lowest BCUT2D eigenvalue weighted by Crippen LogP contribution is -2.30. The molecule has 8 heteroatoms. The van der Waals surface area contributed by atoms with Gasteiger partial charge in [-0.05, 0) is 35.4 Å². The predicted octanol–water partition coefficient (Wildman–Crippen LogP) is 1.30. The van der Waals surface area contributed by atoms with E-state index in [2.05, 4.69) is 20.7 Å². The van der Waals surface area contributed by atoms with E-state index in [4.69, 9.17) is 9.15 Å². The molecule has 2 aromatic heterocycles. The van der Waals surface area contributed by atoms with E-state index in [9.17, 15) is 4.79 Å². The Kier molecular flexibility index (Phi) is 4.85. The van der Waals surface area contributed by atoms with Gasteiger partial charge in [-0.1, -0.05) is 18.2 Å². The van der Waals surface area contributed by atoms with E-state index in [0.717, 1.165) is 11.3 Å². The quantitative estimate of drug-likeness (QED) is 0.703. The monoisotopic (exact) mass is 327 g/mol. The number of carbonyl (C=O) groups is 1. The third-order valence-corrected chi connectivity index (χ3v) is 3.39. The highest BCUT2D eigenvalue weighted by Crippen LogP contribution is 2.17. The number of methoxy groups -OCH3 is 1. The van der Waals surface area contributed by atoms with Crippen molar-refractivity contribution in [3.8, 4) is 17.3 Å². The summed E-state index contributed by atoms with van der Waals surface area (Å²) in [6.07, 6.45) is 2.21. The molecule has 0 unspecified atom stereocenters. The maximum atomic E-state index is 12.0. The number of aromatic nitrogens is 4. The molecule has 3 rings (SSSR count). The second-order valence-electron chi connectivity index (χ2n) is 5.03. The topological polar surface area (TPSA) is 95.1 Å². The first-order valence-corrected chi connectivity index (χ1v) is 7.46. The molecule has 0 aliphatic rings. The van der Waals surface area contributed by atoms with Crippen LogP contribution in [0.1, 0.15) is 5.56 Å². The minimum Gasteiger partial charge on any atom is -0.496 e. The summed E-state index contributed by atoms with van der Waals surface area (Å²) in [5, 5.41) is 14.6. The lowest BCUT2D eigenvalue weighted by Gasteiger charge is -2.08. The van der Waals surface area contributed by atoms with E-state index in [0.29, 0.717) is 24.6 Å². The summed E-state index contributed by atoms with van der Waals surface area (Å²) in [6.45, 7) is 0.499. The van der Waals surface area contributed by atoms with Gasteiger partial charge in [-0.25, -0.2) is 0 Å². The van der Waals surface area contributed by atoms with Crippen LogP contribution in [0, 0.1) is 0 Å². The molecule has 8 nitrogen and oxygen atoms in total. The fraction of sp³-hybridized carbons (Fsp3) is 0.250. The van der Waals surface area contributed by atoms with Crippen molar-refractivity contribution in [3.05, 3.63) is 48.2 Å². The van der Waals surface area contributed by atoms with Crippen LogP contribution in [-0.2, 0) is 17.8 Å². The molecule has 0 aliphatic heterocycles. The van der Waals surface area contributed by atoms with Crippen molar-refractivity contribution >= 4 is 5.91 Å². The molecule has 24 heavy (non-hydrogen) atoms. The number of nitrogens with zero attached hydrogens (tertiary/aromatic N) is 4. The fourth-order valence-electron chi connectivity index (χ4n) is 2.25. The maximum Gasteiger partial charge on any atom is 0.243 e. The molecule has 0 bridgehead atoms. The van der Waals surface area contributed by atoms with Crippen LogP contribution in [0.5, 0.6) is 5.75 Å². The number of carbonyl (C=O) groups excluding carboxylic acids is 1. The third-order valence-electron chi connectivity index (χ3n) is 3.39. The molecule has 0 saturated carbocycles. The van der Waals surface area contributed by atoms with Crippen molar-refractivity contribution in [1.82, 2.24) is 25.5 Å². The van der Waals surface area contributed by atoms with E-state index < -0.39 is 0 Å². The molecule has 0 radical (unpaired) electrons. The van der Waals surface area contributed by atoms with E-state index in [1.54, 1.807) is 19.2 Å². The molecule has 0 atom stereocenters. The Morgan fingerprint density at radius 1 is 1.29 bits per heavy atom. The van der Waals surface area contributed by atoms with Gasteiger partial charge in [-0.3, -0.25) is 4.79 Å². The summed E-state index contributed by atoms with van der Waals surface area (Å²) < 4.78 is 10.5. The first-order valence-electron chi connectivity index (χ1n) is 7.46. The van der Waals surface area contributed by atoms with Crippen LogP contribution in [-0.4, -0.2) is 39.8 Å². The number of benzene rings is 1. The van der Waals surface area contributed by atoms with E-state index >= 15 is 0 Å². The van der Waals surface area contributed by atoms with Crippen LogP contribution in [0.3, 0.4) is 0 Å². The molecule has 1 amide bonds. The maximum absolute atomic E-state index is 12.0. The molecular weight excluding hydrogens is 310 g/mol. The van der Waals surface area contributed by atoms with Gasteiger partial charge in [0.25, 0.3) is 0 Å². The Morgan fingerprint density at radius 3 is 2.96 bits per heavy atom. The number of hydrogen-bond donors (Lipinski definition) is 1. The lowest BCUT2D eigenvalue weighted by molar-refractivity contribution is -0.122. The van der Waals surface area contributed by atoms with Crippen molar-refractivity contribution in [3.63, 3.8) is 0 Å². The van der Waals surface area contributed by atoms with Gasteiger partial charge in [-0.15, -0.1) is 10.2 Å². The van der Waals surface area contributed by atoms with Gasteiger partial charge < -0.3 is 14.5 Å². The highest BCUT2D eigenvalue weighted by atomic mass is 16.5. The number of amides is 1. The summed E-state index contributed by atoms with van der Waals surface area (Å²) in [7, 11) is 1.63. The number of hydrogen-bond acceptors (Lipinski definition) is 6. The fourth-order valence-corrected chi connectivity index (χ4v) is 2.25. The Bertz CT molecular complexity index is 798. The average Bonchev–Trinajstić information content (AvgIpc) is 3.26. The molecule has 1 aromatic carbocycles. The summed E-state index contributed by atoms with van der Waals surface area (Å²) in [4.78, 5) is 13.2. The number of rotatable bonds is 7. The largest absolute Gasteiger partial charge is 0.496 e.